The predicted molar refractivity (Wildman–Crippen MR) is 153 cm³/mol. The molecule has 0 unspecified atom stereocenters. The van der Waals surface area contributed by atoms with Crippen LogP contribution in [0.2, 0.25) is 0 Å². The Morgan fingerprint density at radius 3 is 2.50 bits per heavy atom. The number of carbonyl (C=O) groups is 1. The Bertz CT molecular complexity index is 1370. The van der Waals surface area contributed by atoms with E-state index >= 15 is 0 Å². The summed E-state index contributed by atoms with van der Waals surface area (Å²) in [4.78, 5) is 21.4. The van der Waals surface area contributed by atoms with Crippen LogP contribution in [-0.4, -0.2) is 31.3 Å². The van der Waals surface area contributed by atoms with Crippen LogP contribution >= 0.6 is 0 Å². The number of benzene rings is 3. The number of halogens is 3. The van der Waals surface area contributed by atoms with Crippen LogP contribution in [0.5, 0.6) is 5.75 Å². The molecule has 3 aromatic carbocycles. The molecule has 9 heteroatoms. The lowest BCUT2D eigenvalue weighted by Gasteiger charge is -2.15. The van der Waals surface area contributed by atoms with Gasteiger partial charge in [-0.2, -0.15) is 13.2 Å². The molecule has 3 rings (SSSR count). The Balaban J connectivity index is 1.58. The molecule has 0 spiro atoms. The van der Waals surface area contributed by atoms with Crippen molar-refractivity contribution >= 4 is 29.4 Å². The second kappa shape index (κ2) is 14.8. The maximum atomic E-state index is 13.1. The molecule has 1 amide bonds. The fourth-order valence-electron chi connectivity index (χ4n) is 3.83. The van der Waals surface area contributed by atoms with E-state index in [1.165, 1.54) is 18.5 Å². The average molecular weight is 552 g/mol. The molecular formula is C31H32F3N3O3. The molecule has 40 heavy (non-hydrogen) atoms. The summed E-state index contributed by atoms with van der Waals surface area (Å²) in [6.07, 6.45) is -0.849. The summed E-state index contributed by atoms with van der Waals surface area (Å²) in [6, 6.07) is 19.7. The zero-order chi connectivity index (χ0) is 29.0. The number of rotatable bonds is 11. The molecule has 0 aliphatic rings. The molecule has 0 atom stereocenters. The Labute approximate surface area is 232 Å². The summed E-state index contributed by atoms with van der Waals surface area (Å²) in [6.45, 7) is 6.81. The lowest BCUT2D eigenvalue weighted by Crippen LogP contribution is -2.15. The minimum absolute atomic E-state index is 0.0634. The van der Waals surface area contributed by atoms with Gasteiger partial charge in [0, 0.05) is 18.2 Å². The Hall–Kier alpha value is -4.24. The van der Waals surface area contributed by atoms with E-state index in [9.17, 15) is 18.0 Å². The Morgan fingerprint density at radius 2 is 1.80 bits per heavy atom. The second-order valence-corrected chi connectivity index (χ2v) is 8.72. The van der Waals surface area contributed by atoms with Gasteiger partial charge >= 0.3 is 6.18 Å². The summed E-state index contributed by atoms with van der Waals surface area (Å²) in [5.74, 6) is 0.416. The molecule has 3 aromatic rings. The van der Waals surface area contributed by atoms with Gasteiger partial charge in [0.1, 0.15) is 12.1 Å². The zero-order valence-corrected chi connectivity index (χ0v) is 22.7. The summed E-state index contributed by atoms with van der Waals surface area (Å²) >= 11 is 0. The normalized spacial score (nSPS) is 12.6. The third kappa shape index (κ3) is 9.20. The van der Waals surface area contributed by atoms with Crippen molar-refractivity contribution in [3.63, 3.8) is 0 Å². The van der Waals surface area contributed by atoms with Gasteiger partial charge in [0.15, 0.2) is 5.90 Å². The first-order valence-corrected chi connectivity index (χ1v) is 12.8. The standard InChI is InChI=1S/C31H32F3N3O3/c1-4-24-18-27(40-22(3)36-21-35-16-17-39-20-23-10-7-6-8-11-23)14-15-29(24)28(5-2)30(38)37-26-13-9-12-25(19-26)31(32,33)34/h5-15,18-19,21H,4,16-17,20H2,1-3H3,(H,37,38). The number of amides is 1. The van der Waals surface area contributed by atoms with Gasteiger partial charge in [0.25, 0.3) is 5.91 Å². The van der Waals surface area contributed by atoms with Crippen molar-refractivity contribution in [2.24, 2.45) is 9.98 Å². The topological polar surface area (TPSA) is 72.3 Å². The quantitative estimate of drug-likeness (QED) is 0.117. The molecule has 6 nitrogen and oxygen atoms in total. The number of nitrogens with zero attached hydrogens (tertiary/aromatic N) is 2. The molecule has 0 bridgehead atoms. The fourth-order valence-corrected chi connectivity index (χ4v) is 3.83. The van der Waals surface area contributed by atoms with Gasteiger partial charge in [-0.25, -0.2) is 4.99 Å². The van der Waals surface area contributed by atoms with Crippen molar-refractivity contribution in [1.29, 1.82) is 0 Å². The first-order valence-electron chi connectivity index (χ1n) is 12.8. The van der Waals surface area contributed by atoms with Gasteiger partial charge in [-0.3, -0.25) is 9.79 Å². The molecule has 0 saturated heterocycles. The molecule has 0 heterocycles. The lowest BCUT2D eigenvalue weighted by atomic mass is 9.96. The number of hydrogen-bond acceptors (Lipinski definition) is 4. The smallest absolute Gasteiger partial charge is 0.416 e. The Morgan fingerprint density at radius 1 is 1.02 bits per heavy atom. The van der Waals surface area contributed by atoms with E-state index in [4.69, 9.17) is 9.47 Å². The summed E-state index contributed by atoms with van der Waals surface area (Å²) < 4.78 is 50.5. The van der Waals surface area contributed by atoms with E-state index in [0.717, 1.165) is 23.3 Å². The van der Waals surface area contributed by atoms with E-state index in [1.807, 2.05) is 43.3 Å². The second-order valence-electron chi connectivity index (χ2n) is 8.72. The molecule has 0 aliphatic carbocycles. The summed E-state index contributed by atoms with van der Waals surface area (Å²) in [5, 5.41) is 2.57. The van der Waals surface area contributed by atoms with Crippen molar-refractivity contribution in [1.82, 2.24) is 0 Å². The monoisotopic (exact) mass is 551 g/mol. The van der Waals surface area contributed by atoms with Gasteiger partial charge < -0.3 is 14.8 Å². The molecule has 0 radical (unpaired) electrons. The number of anilines is 1. The third-order valence-electron chi connectivity index (χ3n) is 5.79. The highest BCUT2D eigenvalue weighted by atomic mass is 19.4. The molecule has 0 aliphatic heterocycles. The van der Waals surface area contributed by atoms with Crippen molar-refractivity contribution in [2.45, 2.75) is 40.0 Å². The number of nitrogens with one attached hydrogen (secondary N) is 1. The van der Waals surface area contributed by atoms with Gasteiger partial charge in [-0.15, -0.1) is 0 Å². The van der Waals surface area contributed by atoms with Crippen LogP contribution in [-0.2, 0) is 28.7 Å². The van der Waals surface area contributed by atoms with Gasteiger partial charge in [-0.05, 0) is 60.4 Å². The molecule has 210 valence electrons. The first-order chi connectivity index (χ1) is 19.2. The van der Waals surface area contributed by atoms with Gasteiger partial charge in [-0.1, -0.05) is 55.5 Å². The summed E-state index contributed by atoms with van der Waals surface area (Å²) in [5.41, 5.74) is 2.17. The number of carbonyl (C=O) groups excluding carboxylic acids is 1. The third-order valence-corrected chi connectivity index (χ3v) is 5.79. The maximum absolute atomic E-state index is 13.1. The van der Waals surface area contributed by atoms with E-state index in [0.29, 0.717) is 49.0 Å². The van der Waals surface area contributed by atoms with Gasteiger partial charge in [0.2, 0.25) is 0 Å². The van der Waals surface area contributed by atoms with Crippen LogP contribution in [0.3, 0.4) is 0 Å². The van der Waals surface area contributed by atoms with E-state index < -0.39 is 17.6 Å². The molecule has 0 aromatic heterocycles. The van der Waals surface area contributed by atoms with E-state index in [2.05, 4.69) is 15.3 Å². The number of ether oxygens (including phenoxy) is 2. The Kier molecular flexibility index (Phi) is 11.2. The van der Waals surface area contributed by atoms with Crippen LogP contribution in [0.15, 0.2) is 88.9 Å². The zero-order valence-electron chi connectivity index (χ0n) is 22.7. The highest BCUT2D eigenvalue weighted by Crippen LogP contribution is 2.31. The average Bonchev–Trinajstić information content (AvgIpc) is 2.93. The molecule has 0 fully saturated rings. The van der Waals surface area contributed by atoms with Crippen molar-refractivity contribution in [3.05, 3.63) is 101 Å². The number of hydrogen-bond donors (Lipinski definition) is 1. The fraction of sp³-hybridized carbons (Fsp3) is 0.258. The minimum Gasteiger partial charge on any atom is -0.443 e. The largest absolute Gasteiger partial charge is 0.443 e. The van der Waals surface area contributed by atoms with Crippen LogP contribution < -0.4 is 10.1 Å². The highest BCUT2D eigenvalue weighted by molar-refractivity contribution is 6.25. The molecule has 1 N–H and O–H groups in total. The van der Waals surface area contributed by atoms with Crippen LogP contribution in [0.25, 0.3) is 5.57 Å². The molecular weight excluding hydrogens is 519 g/mol. The SMILES string of the molecule is CC=C(C(=O)Nc1cccc(C(F)(F)F)c1)c1ccc(OC(C)=NC=NCCOCc2ccccc2)cc1CC. The van der Waals surface area contributed by atoms with Crippen molar-refractivity contribution < 1.29 is 27.4 Å². The lowest BCUT2D eigenvalue weighted by molar-refractivity contribution is -0.137. The van der Waals surface area contributed by atoms with E-state index in [-0.39, 0.29) is 5.69 Å². The summed E-state index contributed by atoms with van der Waals surface area (Å²) in [7, 11) is 0. The van der Waals surface area contributed by atoms with E-state index in [1.54, 1.807) is 32.1 Å². The number of aryl methyl sites for hydroxylation is 1. The van der Waals surface area contributed by atoms with Crippen molar-refractivity contribution in [3.8, 4) is 5.75 Å². The van der Waals surface area contributed by atoms with Crippen LogP contribution in [0, 0.1) is 0 Å². The number of allylic oxidation sites excluding steroid dienone is 1. The predicted octanol–water partition coefficient (Wildman–Crippen LogP) is 7.35. The number of aliphatic imine (C=N–C) groups is 2. The van der Waals surface area contributed by atoms with Crippen LogP contribution in [0.1, 0.15) is 43.0 Å². The van der Waals surface area contributed by atoms with Crippen molar-refractivity contribution in [2.75, 3.05) is 18.5 Å². The number of alkyl halides is 3. The maximum Gasteiger partial charge on any atom is 0.416 e. The minimum atomic E-state index is -4.50. The molecule has 0 saturated carbocycles. The van der Waals surface area contributed by atoms with Crippen LogP contribution in [0.4, 0.5) is 18.9 Å². The highest BCUT2D eigenvalue weighted by Gasteiger charge is 2.30. The first kappa shape index (κ1) is 30.3. The van der Waals surface area contributed by atoms with Gasteiger partial charge in [0.05, 0.1) is 25.3 Å².